The van der Waals surface area contributed by atoms with Gasteiger partial charge in [0.2, 0.25) is 0 Å². The van der Waals surface area contributed by atoms with Gasteiger partial charge in [-0.3, -0.25) is 0 Å². The Morgan fingerprint density at radius 3 is 2.41 bits per heavy atom. The first-order chi connectivity index (χ1) is 14.2. The van der Waals surface area contributed by atoms with Gasteiger partial charge in [0, 0.05) is 10.9 Å². The molecule has 0 bridgehead atoms. The molecule has 3 aromatic rings. The van der Waals surface area contributed by atoms with Crippen LogP contribution in [0.25, 0.3) is 10.8 Å². The molecular weight excluding hydrogens is 355 g/mol. The molecule has 0 heterocycles. The molecule has 4 rings (SSSR count). The van der Waals surface area contributed by atoms with Crippen molar-refractivity contribution in [3.8, 4) is 11.8 Å². The maximum atomic E-state index is 14.9. The highest BCUT2D eigenvalue weighted by molar-refractivity contribution is 5.85. The van der Waals surface area contributed by atoms with E-state index in [1.165, 1.54) is 36.8 Å². The fourth-order valence-electron chi connectivity index (χ4n) is 4.32. The van der Waals surface area contributed by atoms with E-state index in [1.54, 1.807) is 6.07 Å². The minimum atomic E-state index is -0.228. The Kier molecular flexibility index (Phi) is 5.81. The number of fused-ring (bicyclic) bond motifs is 1. The molecule has 1 aliphatic rings. The molecule has 1 aliphatic carbocycles. The van der Waals surface area contributed by atoms with E-state index in [4.69, 9.17) is 0 Å². The molecule has 0 spiro atoms. The fourth-order valence-corrected chi connectivity index (χ4v) is 4.32. The van der Waals surface area contributed by atoms with Gasteiger partial charge in [-0.2, -0.15) is 0 Å². The lowest BCUT2D eigenvalue weighted by atomic mass is 9.79. The number of hydrogen-bond acceptors (Lipinski definition) is 0. The van der Waals surface area contributed by atoms with Crippen LogP contribution in [0.2, 0.25) is 0 Å². The topological polar surface area (TPSA) is 0 Å². The van der Waals surface area contributed by atoms with Crippen LogP contribution in [-0.4, -0.2) is 0 Å². The maximum absolute atomic E-state index is 14.9. The first-order valence-corrected chi connectivity index (χ1v) is 10.6. The lowest BCUT2D eigenvalue weighted by Gasteiger charge is -2.26. The molecule has 0 nitrogen and oxygen atoms in total. The number of aryl methyl sites for hydroxylation is 1. The predicted octanol–water partition coefficient (Wildman–Crippen LogP) is 7.40. The Labute approximate surface area is 173 Å². The van der Waals surface area contributed by atoms with E-state index in [1.807, 2.05) is 18.2 Å². The summed E-state index contributed by atoms with van der Waals surface area (Å²) in [5, 5.41) is 1.57. The van der Waals surface area contributed by atoms with Gasteiger partial charge < -0.3 is 0 Å². The average molecular weight is 383 g/mol. The Balaban J connectivity index is 1.52. The van der Waals surface area contributed by atoms with Crippen LogP contribution in [0, 0.1) is 23.6 Å². The summed E-state index contributed by atoms with van der Waals surface area (Å²) in [6.07, 6.45) is 7.97. The lowest BCUT2D eigenvalue weighted by molar-refractivity contribution is 0.376. The van der Waals surface area contributed by atoms with Gasteiger partial charge >= 0.3 is 0 Å². The van der Waals surface area contributed by atoms with Crippen molar-refractivity contribution >= 4 is 10.8 Å². The second-order valence-corrected chi connectivity index (χ2v) is 8.06. The van der Waals surface area contributed by atoms with E-state index in [0.29, 0.717) is 22.8 Å². The number of allylic oxidation sites excluding steroid dienone is 1. The summed E-state index contributed by atoms with van der Waals surface area (Å²) in [4.78, 5) is 0. The van der Waals surface area contributed by atoms with Crippen LogP contribution in [-0.2, 0) is 6.42 Å². The van der Waals surface area contributed by atoms with Crippen molar-refractivity contribution < 1.29 is 4.39 Å². The zero-order chi connectivity index (χ0) is 20.2. The molecule has 1 heteroatoms. The number of benzene rings is 3. The van der Waals surface area contributed by atoms with Crippen LogP contribution < -0.4 is 0 Å². The van der Waals surface area contributed by atoms with Gasteiger partial charge in [0.05, 0.1) is 5.56 Å². The molecule has 0 N–H and O–H groups in total. The Hall–Kier alpha value is -2.85. The molecule has 29 heavy (non-hydrogen) atoms. The minimum Gasteiger partial charge on any atom is -0.205 e. The summed E-state index contributed by atoms with van der Waals surface area (Å²) >= 11 is 0. The van der Waals surface area contributed by atoms with Crippen molar-refractivity contribution in [2.24, 2.45) is 5.92 Å². The van der Waals surface area contributed by atoms with Gasteiger partial charge in [-0.05, 0) is 78.7 Å². The summed E-state index contributed by atoms with van der Waals surface area (Å²) in [6, 6.07) is 18.2. The molecule has 0 amide bonds. The molecule has 1 saturated carbocycles. The Bertz CT molecular complexity index is 1070. The summed E-state index contributed by atoms with van der Waals surface area (Å²) in [6.45, 7) is 6.03. The summed E-state index contributed by atoms with van der Waals surface area (Å²) in [5.41, 5.74) is 3.98. The first kappa shape index (κ1) is 19.5. The van der Waals surface area contributed by atoms with Crippen LogP contribution in [0.1, 0.15) is 60.8 Å². The number of rotatable bonds is 3. The zero-order valence-corrected chi connectivity index (χ0v) is 17.0. The van der Waals surface area contributed by atoms with Crippen molar-refractivity contribution in [2.45, 2.75) is 44.9 Å². The SMILES string of the molecule is C=CC1CCC(c2ccc(C#Cc3ccc4cc(CC)ccc4c3F)cc2)CC1. The average Bonchev–Trinajstić information content (AvgIpc) is 2.79. The van der Waals surface area contributed by atoms with Gasteiger partial charge in [-0.25, -0.2) is 4.39 Å². The molecule has 146 valence electrons. The van der Waals surface area contributed by atoms with E-state index in [0.717, 1.165) is 17.4 Å². The normalized spacial score (nSPS) is 18.8. The summed E-state index contributed by atoms with van der Waals surface area (Å²) in [7, 11) is 0. The summed E-state index contributed by atoms with van der Waals surface area (Å²) in [5.74, 6) is 7.25. The Morgan fingerprint density at radius 2 is 1.72 bits per heavy atom. The van der Waals surface area contributed by atoms with E-state index in [2.05, 4.69) is 61.8 Å². The monoisotopic (exact) mass is 382 g/mol. The molecule has 0 saturated heterocycles. The first-order valence-electron chi connectivity index (χ1n) is 10.6. The fraction of sp³-hybridized carbons (Fsp3) is 0.286. The minimum absolute atomic E-state index is 0.228. The molecular formula is C28H27F. The van der Waals surface area contributed by atoms with Crippen molar-refractivity contribution in [1.82, 2.24) is 0 Å². The molecule has 0 aromatic heterocycles. The standard InChI is InChI=1S/C28H27F/c1-3-20-5-11-23(12-6-20)24-13-7-22(8-14-24)9-15-25-16-17-26-19-21(4-2)10-18-27(26)28(25)29/h3,7-8,10,13-14,16-20,23H,1,4-6,11-12H2,2H3. The highest BCUT2D eigenvalue weighted by Gasteiger charge is 2.20. The van der Waals surface area contributed by atoms with Crippen LogP contribution in [0.3, 0.4) is 0 Å². The quantitative estimate of drug-likeness (QED) is 0.327. The van der Waals surface area contributed by atoms with Crippen LogP contribution >= 0.6 is 0 Å². The van der Waals surface area contributed by atoms with E-state index in [-0.39, 0.29) is 5.82 Å². The molecule has 0 unspecified atom stereocenters. The van der Waals surface area contributed by atoms with Crippen LogP contribution in [0.4, 0.5) is 4.39 Å². The molecule has 3 aromatic carbocycles. The molecule has 1 fully saturated rings. The van der Waals surface area contributed by atoms with Crippen molar-refractivity contribution in [1.29, 1.82) is 0 Å². The smallest absolute Gasteiger partial charge is 0.146 e. The third kappa shape index (κ3) is 4.28. The molecule has 0 aliphatic heterocycles. The second-order valence-electron chi connectivity index (χ2n) is 8.06. The second kappa shape index (κ2) is 8.66. The van der Waals surface area contributed by atoms with Gasteiger partial charge in [-0.15, -0.1) is 6.58 Å². The highest BCUT2D eigenvalue weighted by Crippen LogP contribution is 2.36. The van der Waals surface area contributed by atoms with E-state index < -0.39 is 0 Å². The molecule has 0 atom stereocenters. The van der Waals surface area contributed by atoms with Gasteiger partial charge in [0.15, 0.2) is 0 Å². The summed E-state index contributed by atoms with van der Waals surface area (Å²) < 4.78 is 14.9. The van der Waals surface area contributed by atoms with Crippen LogP contribution in [0.15, 0.2) is 67.3 Å². The van der Waals surface area contributed by atoms with Crippen molar-refractivity contribution in [2.75, 3.05) is 0 Å². The van der Waals surface area contributed by atoms with Gasteiger partial charge in [0.1, 0.15) is 5.82 Å². The number of hydrogen-bond donors (Lipinski definition) is 0. The maximum Gasteiger partial charge on any atom is 0.146 e. The van der Waals surface area contributed by atoms with Crippen molar-refractivity contribution in [3.63, 3.8) is 0 Å². The highest BCUT2D eigenvalue weighted by atomic mass is 19.1. The van der Waals surface area contributed by atoms with Gasteiger partial charge in [-0.1, -0.05) is 61.2 Å². The zero-order valence-electron chi connectivity index (χ0n) is 17.0. The molecule has 0 radical (unpaired) electrons. The third-order valence-corrected chi connectivity index (χ3v) is 6.26. The van der Waals surface area contributed by atoms with Crippen LogP contribution in [0.5, 0.6) is 0 Å². The largest absolute Gasteiger partial charge is 0.205 e. The predicted molar refractivity (Wildman–Crippen MR) is 121 cm³/mol. The number of halogens is 1. The van der Waals surface area contributed by atoms with Crippen molar-refractivity contribution in [3.05, 3.63) is 95.3 Å². The van der Waals surface area contributed by atoms with E-state index in [9.17, 15) is 4.39 Å². The van der Waals surface area contributed by atoms with E-state index >= 15 is 0 Å². The third-order valence-electron chi connectivity index (χ3n) is 6.26. The lowest BCUT2D eigenvalue weighted by Crippen LogP contribution is -2.11. The van der Waals surface area contributed by atoms with Gasteiger partial charge in [0.25, 0.3) is 0 Å². The Morgan fingerprint density at radius 1 is 0.966 bits per heavy atom.